The van der Waals surface area contributed by atoms with Crippen molar-refractivity contribution in [2.75, 3.05) is 39.6 Å². The molecule has 13 heavy (non-hydrogen) atoms. The standard InChI is InChI=1S/C9H22N2OS/c1-10-7-9-12-8-5-3-4-6-11-13-2/h10-11H,3-9H2,1-2H3. The minimum absolute atomic E-state index is 0.833. The predicted molar refractivity (Wildman–Crippen MR) is 60.1 cm³/mol. The van der Waals surface area contributed by atoms with Crippen molar-refractivity contribution in [2.24, 2.45) is 0 Å². The number of hydrogen-bond donors (Lipinski definition) is 2. The number of ether oxygens (including phenoxy) is 1. The Bertz CT molecular complexity index is 83.7. The van der Waals surface area contributed by atoms with Gasteiger partial charge in [0.2, 0.25) is 0 Å². The fourth-order valence-corrected chi connectivity index (χ4v) is 1.30. The van der Waals surface area contributed by atoms with Crippen LogP contribution in [0.3, 0.4) is 0 Å². The largest absolute Gasteiger partial charge is 0.380 e. The lowest BCUT2D eigenvalue weighted by Gasteiger charge is -2.03. The monoisotopic (exact) mass is 206 g/mol. The molecule has 0 aromatic rings. The third kappa shape index (κ3) is 12.2. The van der Waals surface area contributed by atoms with Gasteiger partial charge >= 0.3 is 0 Å². The van der Waals surface area contributed by atoms with Crippen LogP contribution in [0.5, 0.6) is 0 Å². The molecule has 0 unspecified atom stereocenters. The zero-order chi connectivity index (χ0) is 9.78. The van der Waals surface area contributed by atoms with Crippen LogP contribution < -0.4 is 10.0 Å². The zero-order valence-corrected chi connectivity index (χ0v) is 9.58. The second kappa shape index (κ2) is 12.2. The summed E-state index contributed by atoms with van der Waals surface area (Å²) in [6.45, 7) is 3.80. The van der Waals surface area contributed by atoms with Gasteiger partial charge in [-0.1, -0.05) is 11.9 Å². The summed E-state index contributed by atoms with van der Waals surface area (Å²) in [5.74, 6) is 0. The van der Waals surface area contributed by atoms with Crippen molar-refractivity contribution in [3.8, 4) is 0 Å². The molecule has 0 aromatic heterocycles. The van der Waals surface area contributed by atoms with Crippen LogP contribution in [0.15, 0.2) is 0 Å². The van der Waals surface area contributed by atoms with E-state index in [1.54, 1.807) is 11.9 Å². The molecule has 0 aliphatic carbocycles. The Balaban J connectivity index is 2.76. The van der Waals surface area contributed by atoms with E-state index in [9.17, 15) is 0 Å². The van der Waals surface area contributed by atoms with E-state index in [4.69, 9.17) is 4.74 Å². The molecular formula is C9H22N2OS. The molecule has 0 heterocycles. The van der Waals surface area contributed by atoms with E-state index in [0.29, 0.717) is 0 Å². The fraction of sp³-hybridized carbons (Fsp3) is 1.00. The number of unbranched alkanes of at least 4 members (excludes halogenated alkanes) is 2. The van der Waals surface area contributed by atoms with Crippen molar-refractivity contribution in [1.82, 2.24) is 10.0 Å². The summed E-state index contributed by atoms with van der Waals surface area (Å²) in [5, 5.41) is 3.05. The Labute approximate surface area is 86.1 Å². The highest BCUT2D eigenvalue weighted by Crippen LogP contribution is 1.95. The normalized spacial score (nSPS) is 10.6. The van der Waals surface area contributed by atoms with Gasteiger partial charge in [-0.3, -0.25) is 4.72 Å². The second-order valence-corrected chi connectivity index (χ2v) is 3.57. The van der Waals surface area contributed by atoms with Gasteiger partial charge in [-0.05, 0) is 32.6 Å². The van der Waals surface area contributed by atoms with E-state index >= 15 is 0 Å². The highest BCUT2D eigenvalue weighted by atomic mass is 32.2. The van der Waals surface area contributed by atoms with E-state index in [1.807, 2.05) is 7.05 Å². The summed E-state index contributed by atoms with van der Waals surface area (Å²) in [5.41, 5.74) is 0. The molecule has 0 aliphatic rings. The highest BCUT2D eigenvalue weighted by molar-refractivity contribution is 7.96. The quantitative estimate of drug-likeness (QED) is 0.416. The van der Waals surface area contributed by atoms with Crippen molar-refractivity contribution < 1.29 is 4.74 Å². The lowest BCUT2D eigenvalue weighted by molar-refractivity contribution is 0.133. The summed E-state index contributed by atoms with van der Waals surface area (Å²) in [6.07, 6.45) is 5.74. The van der Waals surface area contributed by atoms with Gasteiger partial charge in [0.05, 0.1) is 6.61 Å². The molecule has 0 spiro atoms. The molecule has 0 radical (unpaired) electrons. The van der Waals surface area contributed by atoms with Crippen molar-refractivity contribution in [3.05, 3.63) is 0 Å². The lowest BCUT2D eigenvalue weighted by atomic mass is 10.2. The first-order valence-electron chi connectivity index (χ1n) is 4.90. The van der Waals surface area contributed by atoms with Crippen LogP contribution in [0, 0.1) is 0 Å². The molecule has 0 rings (SSSR count). The van der Waals surface area contributed by atoms with Gasteiger partial charge in [0.1, 0.15) is 0 Å². The minimum Gasteiger partial charge on any atom is -0.380 e. The number of rotatable bonds is 10. The van der Waals surface area contributed by atoms with E-state index in [1.165, 1.54) is 19.3 Å². The average molecular weight is 206 g/mol. The first-order chi connectivity index (χ1) is 6.41. The SMILES string of the molecule is CNCCOCCCCCNSC. The van der Waals surface area contributed by atoms with E-state index in [2.05, 4.69) is 16.3 Å². The van der Waals surface area contributed by atoms with Crippen LogP contribution >= 0.6 is 11.9 Å². The van der Waals surface area contributed by atoms with E-state index in [-0.39, 0.29) is 0 Å². The van der Waals surface area contributed by atoms with Crippen LogP contribution in [-0.2, 0) is 4.74 Å². The van der Waals surface area contributed by atoms with Gasteiger partial charge in [0.15, 0.2) is 0 Å². The van der Waals surface area contributed by atoms with Crippen LogP contribution in [0.4, 0.5) is 0 Å². The molecule has 0 aromatic carbocycles. The van der Waals surface area contributed by atoms with Crippen molar-refractivity contribution in [3.63, 3.8) is 0 Å². The molecule has 0 amide bonds. The maximum atomic E-state index is 5.39. The van der Waals surface area contributed by atoms with Gasteiger partial charge < -0.3 is 10.1 Å². The van der Waals surface area contributed by atoms with Gasteiger partial charge in [0, 0.05) is 19.7 Å². The molecule has 80 valence electrons. The molecule has 0 saturated carbocycles. The summed E-state index contributed by atoms with van der Waals surface area (Å²) in [7, 11) is 1.94. The van der Waals surface area contributed by atoms with Gasteiger partial charge in [-0.2, -0.15) is 0 Å². The second-order valence-electron chi connectivity index (χ2n) is 2.88. The Morgan fingerprint density at radius 3 is 2.62 bits per heavy atom. The molecule has 3 nitrogen and oxygen atoms in total. The topological polar surface area (TPSA) is 33.3 Å². The lowest BCUT2D eigenvalue weighted by Crippen LogP contribution is -2.14. The number of nitrogens with one attached hydrogen (secondary N) is 2. The molecule has 2 N–H and O–H groups in total. The van der Waals surface area contributed by atoms with Crippen molar-refractivity contribution in [1.29, 1.82) is 0 Å². The Morgan fingerprint density at radius 2 is 1.92 bits per heavy atom. The maximum Gasteiger partial charge on any atom is 0.0590 e. The van der Waals surface area contributed by atoms with E-state index in [0.717, 1.165) is 26.3 Å². The Hall–Kier alpha value is 0.230. The molecular weight excluding hydrogens is 184 g/mol. The maximum absolute atomic E-state index is 5.39. The third-order valence-corrected chi connectivity index (χ3v) is 2.20. The zero-order valence-electron chi connectivity index (χ0n) is 8.77. The first-order valence-corrected chi connectivity index (χ1v) is 6.12. The molecule has 0 aliphatic heterocycles. The summed E-state index contributed by atoms with van der Waals surface area (Å²) >= 11 is 1.69. The summed E-state index contributed by atoms with van der Waals surface area (Å²) < 4.78 is 8.62. The summed E-state index contributed by atoms with van der Waals surface area (Å²) in [4.78, 5) is 0. The third-order valence-electron chi connectivity index (χ3n) is 1.71. The fourth-order valence-electron chi connectivity index (χ4n) is 0.956. The molecule has 0 fully saturated rings. The van der Waals surface area contributed by atoms with Gasteiger partial charge in [0.25, 0.3) is 0 Å². The van der Waals surface area contributed by atoms with Crippen LogP contribution in [0.25, 0.3) is 0 Å². The van der Waals surface area contributed by atoms with Crippen LogP contribution in [0.2, 0.25) is 0 Å². The molecule has 0 atom stereocenters. The Kier molecular flexibility index (Phi) is 12.4. The average Bonchev–Trinajstić information content (AvgIpc) is 2.16. The summed E-state index contributed by atoms with van der Waals surface area (Å²) in [6, 6.07) is 0. The van der Waals surface area contributed by atoms with E-state index < -0.39 is 0 Å². The van der Waals surface area contributed by atoms with Crippen molar-refractivity contribution >= 4 is 11.9 Å². The molecule has 0 saturated heterocycles. The number of hydrogen-bond acceptors (Lipinski definition) is 4. The first kappa shape index (κ1) is 13.2. The predicted octanol–water partition coefficient (Wildman–Crippen LogP) is 1.26. The van der Waals surface area contributed by atoms with Gasteiger partial charge in [-0.25, -0.2) is 0 Å². The molecule has 4 heteroatoms. The minimum atomic E-state index is 0.833. The van der Waals surface area contributed by atoms with Crippen LogP contribution in [-0.4, -0.2) is 39.6 Å². The van der Waals surface area contributed by atoms with Crippen LogP contribution in [0.1, 0.15) is 19.3 Å². The number of likely N-dealkylation sites (N-methyl/N-ethyl adjacent to an activating group) is 1. The van der Waals surface area contributed by atoms with Crippen molar-refractivity contribution in [2.45, 2.75) is 19.3 Å². The molecule has 0 bridgehead atoms. The smallest absolute Gasteiger partial charge is 0.0590 e. The highest BCUT2D eigenvalue weighted by Gasteiger charge is 1.89. The Morgan fingerprint density at radius 1 is 1.08 bits per heavy atom. The van der Waals surface area contributed by atoms with Gasteiger partial charge in [-0.15, -0.1) is 0 Å².